The van der Waals surface area contributed by atoms with Crippen molar-refractivity contribution in [3.8, 4) is 0 Å². The number of aliphatic hydroxyl groups excluding tert-OH is 5. The largest absolute Gasteiger partial charge is 0.550 e. The van der Waals surface area contributed by atoms with Gasteiger partial charge in [0.1, 0.15) is 54.4 Å². The summed E-state index contributed by atoms with van der Waals surface area (Å²) in [5.74, 6) is -21.2. The standard InChI is InChI=1S/C32H50N10O22/c1-34-16(7-44)29(61)35-12(3-21(50)51)26(58)40-18(9-46)31(63)37-14(5-23(54)55)28(60)42-19(10-47)32(64)38-13(4-22(52)53)27(59)41-17(8-45)30(62)36-11(2-20(48)49)25(57)39-15(6-43)24(33)56/h11-19,34,43-47H,2-10H2,1H3,(H2,33,56)(H,35,61)(H,36,62)(H,37,63)(H,38,64)(H,39,57)(H,40,58)(H,41,59)(H,42,60)(H,48,49)(H,50,51)(H,52,53)(H,54,55)/p-4/t11-,12-,13-,14-,15?,16?,17?,18?,19?/m0/s1. The summed E-state index contributed by atoms with van der Waals surface area (Å²) in [7, 11) is 1.23. The minimum atomic E-state index is -2.31. The van der Waals surface area contributed by atoms with Gasteiger partial charge in [0, 0.05) is 49.6 Å². The van der Waals surface area contributed by atoms with E-state index in [-0.39, 0.29) is 0 Å². The predicted octanol–water partition coefficient (Wildman–Crippen LogP) is -17.5. The molecule has 32 heteroatoms. The number of primary amides is 1. The first-order chi connectivity index (χ1) is 29.9. The molecule has 0 aromatic carbocycles. The zero-order valence-electron chi connectivity index (χ0n) is 33.3. The van der Waals surface area contributed by atoms with E-state index in [0.717, 1.165) is 0 Å². The van der Waals surface area contributed by atoms with Gasteiger partial charge in [-0.05, 0) is 7.05 Å². The molecule has 0 saturated carbocycles. The van der Waals surface area contributed by atoms with Gasteiger partial charge in [0.2, 0.25) is 53.2 Å². The first-order valence-corrected chi connectivity index (χ1v) is 18.1. The molecule has 0 fully saturated rings. The van der Waals surface area contributed by atoms with E-state index in [9.17, 15) is 108 Å². The number of amides is 9. The molecule has 16 N–H and O–H groups in total. The summed E-state index contributed by atoms with van der Waals surface area (Å²) in [5, 5.41) is 110. The zero-order chi connectivity index (χ0) is 49.4. The number of carboxylic acids is 4. The number of nitrogens with two attached hydrogens (primary N) is 1. The lowest BCUT2D eigenvalue weighted by Crippen LogP contribution is -2.62. The average Bonchev–Trinajstić information content (AvgIpc) is 3.20. The van der Waals surface area contributed by atoms with Crippen molar-refractivity contribution in [3.05, 3.63) is 0 Å². The molecule has 5 unspecified atom stereocenters. The fraction of sp³-hybridized carbons (Fsp3) is 0.594. The minimum Gasteiger partial charge on any atom is -0.550 e. The highest BCUT2D eigenvalue weighted by Crippen LogP contribution is 2.02. The maximum absolute atomic E-state index is 13.1. The molecule has 0 bridgehead atoms. The third kappa shape index (κ3) is 20.2. The molecule has 0 aromatic rings. The van der Waals surface area contributed by atoms with Gasteiger partial charge in [0.05, 0.1) is 33.0 Å². The number of carboxylic acid groups (broad SMARTS) is 4. The second kappa shape index (κ2) is 28.5. The zero-order valence-corrected chi connectivity index (χ0v) is 33.3. The van der Waals surface area contributed by atoms with Crippen LogP contribution >= 0.6 is 0 Å². The summed E-state index contributed by atoms with van der Waals surface area (Å²) in [6.45, 7) is -5.97. The van der Waals surface area contributed by atoms with E-state index in [0.29, 0.717) is 0 Å². The number of carbonyl (C=O) groups is 13. The Balaban J connectivity index is 6.15. The Morgan fingerprint density at radius 2 is 0.516 bits per heavy atom. The molecule has 9 amide bonds. The van der Waals surface area contributed by atoms with Crippen LogP contribution in [0.5, 0.6) is 0 Å². The third-order valence-electron chi connectivity index (χ3n) is 8.15. The average molecular weight is 923 g/mol. The topological polar surface area (TPSA) is 550 Å². The van der Waals surface area contributed by atoms with Crippen molar-refractivity contribution in [3.63, 3.8) is 0 Å². The number of rotatable bonds is 31. The van der Waals surface area contributed by atoms with E-state index in [1.54, 1.807) is 26.6 Å². The maximum atomic E-state index is 13.1. The van der Waals surface area contributed by atoms with Crippen molar-refractivity contribution < 1.29 is 108 Å². The van der Waals surface area contributed by atoms with E-state index >= 15 is 0 Å². The van der Waals surface area contributed by atoms with Gasteiger partial charge < -0.3 is 119 Å². The fourth-order valence-electron chi connectivity index (χ4n) is 4.78. The fourth-order valence-corrected chi connectivity index (χ4v) is 4.78. The second-order valence-corrected chi connectivity index (χ2v) is 13.0. The number of likely N-dealkylation sites (N-methyl/N-ethyl adjacent to an activating group) is 1. The lowest BCUT2D eigenvalue weighted by atomic mass is 10.1. The molecule has 32 nitrogen and oxygen atoms in total. The van der Waals surface area contributed by atoms with E-state index in [1.807, 2.05) is 16.0 Å². The Bertz CT molecular complexity index is 1740. The lowest BCUT2D eigenvalue weighted by Gasteiger charge is -2.27. The van der Waals surface area contributed by atoms with Crippen LogP contribution in [0.25, 0.3) is 0 Å². The van der Waals surface area contributed by atoms with Gasteiger partial charge in [-0.15, -0.1) is 0 Å². The van der Waals surface area contributed by atoms with Crippen LogP contribution in [0.15, 0.2) is 0 Å². The minimum absolute atomic E-state index is 0.815. The van der Waals surface area contributed by atoms with Gasteiger partial charge in [-0.3, -0.25) is 43.2 Å². The number of carbonyl (C=O) groups excluding carboxylic acids is 13. The summed E-state index contributed by atoms with van der Waals surface area (Å²) in [6.07, 6.45) is -5.35. The molecule has 9 atom stereocenters. The third-order valence-corrected chi connectivity index (χ3v) is 8.15. The van der Waals surface area contributed by atoms with Crippen LogP contribution in [0.2, 0.25) is 0 Å². The molecule has 0 spiro atoms. The molecule has 0 saturated heterocycles. The molecule has 0 rings (SSSR count). The number of aliphatic hydroxyl groups is 5. The Morgan fingerprint density at radius 1 is 0.344 bits per heavy atom. The molecule has 0 aliphatic carbocycles. The van der Waals surface area contributed by atoms with Crippen LogP contribution in [0.1, 0.15) is 25.7 Å². The van der Waals surface area contributed by atoms with Crippen molar-refractivity contribution in [2.45, 2.75) is 80.1 Å². The summed E-state index contributed by atoms with van der Waals surface area (Å²) in [4.78, 5) is 159. The van der Waals surface area contributed by atoms with Crippen LogP contribution in [0.3, 0.4) is 0 Å². The van der Waals surface area contributed by atoms with Crippen LogP contribution in [-0.4, -0.2) is 197 Å². The summed E-state index contributed by atoms with van der Waals surface area (Å²) >= 11 is 0. The van der Waals surface area contributed by atoms with E-state index in [4.69, 9.17) is 5.73 Å². The smallest absolute Gasteiger partial charge is 0.245 e. The van der Waals surface area contributed by atoms with Gasteiger partial charge in [-0.2, -0.15) is 0 Å². The molecule has 64 heavy (non-hydrogen) atoms. The van der Waals surface area contributed by atoms with Gasteiger partial charge in [0.15, 0.2) is 0 Å². The highest BCUT2D eigenvalue weighted by atomic mass is 16.4. The van der Waals surface area contributed by atoms with Gasteiger partial charge in [-0.25, -0.2) is 0 Å². The summed E-state index contributed by atoms with van der Waals surface area (Å²) < 4.78 is 0. The highest BCUT2D eigenvalue weighted by molar-refractivity contribution is 6.00. The molecule has 0 heterocycles. The first-order valence-electron chi connectivity index (χ1n) is 18.1. The number of nitrogens with one attached hydrogen (secondary N) is 9. The van der Waals surface area contributed by atoms with Crippen LogP contribution in [0.4, 0.5) is 0 Å². The summed E-state index contributed by atoms with van der Waals surface area (Å²) in [6, 6.07) is -18.3. The molecule has 0 aromatic heterocycles. The van der Waals surface area contributed by atoms with Crippen molar-refractivity contribution in [1.29, 1.82) is 0 Å². The lowest BCUT2D eigenvalue weighted by molar-refractivity contribution is -0.307. The van der Waals surface area contributed by atoms with E-state index in [1.165, 1.54) is 7.05 Å². The van der Waals surface area contributed by atoms with Crippen LogP contribution in [-0.2, 0) is 62.3 Å². The van der Waals surface area contributed by atoms with E-state index < -0.39 is 190 Å². The molecule has 0 aliphatic heterocycles. The number of hydrogen-bond acceptors (Lipinski definition) is 23. The van der Waals surface area contributed by atoms with Gasteiger partial charge in [-0.1, -0.05) is 0 Å². The van der Waals surface area contributed by atoms with Crippen molar-refractivity contribution >= 4 is 77.0 Å². The molecular weight excluding hydrogens is 876 g/mol. The number of aliphatic carboxylic acids is 4. The van der Waals surface area contributed by atoms with Gasteiger partial charge >= 0.3 is 0 Å². The molecule has 360 valence electrons. The monoisotopic (exact) mass is 922 g/mol. The molecule has 0 aliphatic rings. The quantitative estimate of drug-likeness (QED) is 0.0307. The maximum Gasteiger partial charge on any atom is 0.245 e. The molecular formula is C32H46N10O22-4. The van der Waals surface area contributed by atoms with Crippen LogP contribution in [0, 0.1) is 0 Å². The summed E-state index contributed by atoms with van der Waals surface area (Å²) in [5.41, 5.74) is 4.98. The highest BCUT2D eigenvalue weighted by Gasteiger charge is 2.35. The van der Waals surface area contributed by atoms with Crippen molar-refractivity contribution in [2.75, 3.05) is 40.1 Å². The Labute approximate surface area is 359 Å². The normalized spacial score (nSPS) is 15.0. The Morgan fingerprint density at radius 3 is 0.688 bits per heavy atom. The van der Waals surface area contributed by atoms with Crippen molar-refractivity contribution in [2.24, 2.45) is 5.73 Å². The van der Waals surface area contributed by atoms with Crippen molar-refractivity contribution in [1.82, 2.24) is 47.9 Å². The SMILES string of the molecule is CNC(CO)C(=O)N[C@@H](CC(=O)[O-])C(=O)NC(CO)C(=O)N[C@@H](CC(=O)[O-])C(=O)NC(CO)C(=O)N[C@@H](CC(=O)[O-])C(=O)NC(CO)C(=O)N[C@@H](CC(=O)[O-])C(=O)NC(CO)C(N)=O. The first kappa shape index (κ1) is 56.9. The van der Waals surface area contributed by atoms with Gasteiger partial charge in [0.25, 0.3) is 0 Å². The Kier molecular flexibility index (Phi) is 25.3. The molecule has 0 radical (unpaired) electrons. The Hall–Kier alpha value is -7.13. The van der Waals surface area contributed by atoms with Crippen LogP contribution < -0.4 is 74.0 Å². The predicted molar refractivity (Wildman–Crippen MR) is 191 cm³/mol. The van der Waals surface area contributed by atoms with E-state index in [2.05, 4.69) is 5.32 Å². The second-order valence-electron chi connectivity index (χ2n) is 13.0. The number of hydrogen-bond donors (Lipinski definition) is 15.